The number of methoxy groups -OCH3 is 2. The van der Waals surface area contributed by atoms with Crippen LogP contribution in [0.5, 0.6) is 11.5 Å². The third-order valence-electron chi connectivity index (χ3n) is 4.80. The maximum atomic E-state index is 11.5. The number of hydrogen-bond acceptors (Lipinski definition) is 5. The number of amides is 1. The van der Waals surface area contributed by atoms with Crippen LogP contribution in [0.2, 0.25) is 0 Å². The highest BCUT2D eigenvalue weighted by atomic mass is 16.5. The first-order valence-electron chi connectivity index (χ1n) is 9.31. The molecule has 0 aliphatic carbocycles. The quantitative estimate of drug-likeness (QED) is 0.611. The van der Waals surface area contributed by atoms with Gasteiger partial charge in [0.25, 0.3) is 0 Å². The number of aromatic nitrogens is 1. The van der Waals surface area contributed by atoms with Crippen LogP contribution >= 0.6 is 0 Å². The van der Waals surface area contributed by atoms with Crippen LogP contribution in [-0.2, 0) is 6.54 Å². The van der Waals surface area contributed by atoms with E-state index in [1.165, 1.54) is 6.20 Å². The summed E-state index contributed by atoms with van der Waals surface area (Å²) in [4.78, 5) is 15.6. The number of nitrogens with zero attached hydrogens (tertiary/aromatic N) is 1. The lowest BCUT2D eigenvalue weighted by Gasteiger charge is -2.16. The Kier molecular flexibility index (Phi) is 6.46. The minimum absolute atomic E-state index is 0.149. The van der Waals surface area contributed by atoms with Crippen molar-refractivity contribution in [3.05, 3.63) is 77.6 Å². The number of carbonyl (C=O) groups excluding carboxylic acids is 1. The van der Waals surface area contributed by atoms with Crippen LogP contribution in [0, 0.1) is 0 Å². The summed E-state index contributed by atoms with van der Waals surface area (Å²) in [6.07, 6.45) is 3.15. The average Bonchev–Trinajstić information content (AvgIpc) is 2.77. The van der Waals surface area contributed by atoms with Gasteiger partial charge in [0, 0.05) is 36.1 Å². The number of carbonyl (C=O) groups is 1. The lowest BCUT2D eigenvalue weighted by Crippen LogP contribution is -2.18. The van der Waals surface area contributed by atoms with Gasteiger partial charge in [-0.05, 0) is 48.4 Å². The number of benzene rings is 2. The summed E-state index contributed by atoms with van der Waals surface area (Å²) in [5.74, 6) is 1.03. The van der Waals surface area contributed by atoms with Gasteiger partial charge in [-0.1, -0.05) is 18.2 Å². The van der Waals surface area contributed by atoms with E-state index >= 15 is 0 Å². The molecule has 0 unspecified atom stereocenters. The second-order valence-corrected chi connectivity index (χ2v) is 6.74. The van der Waals surface area contributed by atoms with Gasteiger partial charge in [0.15, 0.2) is 0 Å². The predicted octanol–water partition coefficient (Wildman–Crippen LogP) is 3.72. The van der Waals surface area contributed by atoms with Crippen LogP contribution in [0.1, 0.15) is 34.5 Å². The maximum Gasteiger partial charge on any atom is 0.250 e. The molecule has 0 bridgehead atoms. The first-order chi connectivity index (χ1) is 14.0. The number of rotatable bonds is 8. The van der Waals surface area contributed by atoms with E-state index < -0.39 is 5.91 Å². The lowest BCUT2D eigenvalue weighted by atomic mass is 10.0. The summed E-state index contributed by atoms with van der Waals surface area (Å²) in [6, 6.07) is 15.8. The average molecular weight is 391 g/mol. The van der Waals surface area contributed by atoms with E-state index in [2.05, 4.69) is 23.3 Å². The molecule has 150 valence electrons. The monoisotopic (exact) mass is 391 g/mol. The molecule has 6 heteroatoms. The van der Waals surface area contributed by atoms with Gasteiger partial charge in [0.1, 0.15) is 11.5 Å². The lowest BCUT2D eigenvalue weighted by molar-refractivity contribution is 0.1000. The van der Waals surface area contributed by atoms with E-state index in [9.17, 15) is 4.79 Å². The van der Waals surface area contributed by atoms with E-state index in [-0.39, 0.29) is 6.04 Å². The molecule has 0 fully saturated rings. The molecule has 1 amide bonds. The second-order valence-electron chi connectivity index (χ2n) is 6.74. The van der Waals surface area contributed by atoms with Gasteiger partial charge < -0.3 is 20.5 Å². The third kappa shape index (κ3) is 4.92. The molecule has 3 N–H and O–H groups in total. The van der Waals surface area contributed by atoms with E-state index in [4.69, 9.17) is 15.2 Å². The van der Waals surface area contributed by atoms with Crippen LogP contribution in [0.25, 0.3) is 11.1 Å². The molecule has 0 saturated heterocycles. The van der Waals surface area contributed by atoms with Crippen molar-refractivity contribution < 1.29 is 14.3 Å². The van der Waals surface area contributed by atoms with E-state index in [1.54, 1.807) is 26.5 Å². The number of pyridine rings is 1. The molecule has 0 aliphatic rings. The van der Waals surface area contributed by atoms with E-state index in [0.29, 0.717) is 17.9 Å². The molecule has 29 heavy (non-hydrogen) atoms. The van der Waals surface area contributed by atoms with Gasteiger partial charge >= 0.3 is 0 Å². The van der Waals surface area contributed by atoms with Crippen molar-refractivity contribution in [1.29, 1.82) is 0 Å². The number of ether oxygens (including phenoxy) is 2. The minimum Gasteiger partial charge on any atom is -0.497 e. The Morgan fingerprint density at radius 2 is 1.93 bits per heavy atom. The molecular weight excluding hydrogens is 366 g/mol. The highest BCUT2D eigenvalue weighted by molar-refractivity contribution is 5.93. The molecular formula is C23H25N3O3. The number of nitrogens with two attached hydrogens (primary N) is 1. The molecule has 0 radical (unpaired) electrons. The maximum absolute atomic E-state index is 11.5. The molecule has 6 nitrogen and oxygen atoms in total. The fourth-order valence-corrected chi connectivity index (χ4v) is 3.11. The Bertz CT molecular complexity index is 1000. The van der Waals surface area contributed by atoms with Gasteiger partial charge in [-0.15, -0.1) is 0 Å². The van der Waals surface area contributed by atoms with Crippen molar-refractivity contribution in [2.75, 3.05) is 14.2 Å². The predicted molar refractivity (Wildman–Crippen MR) is 113 cm³/mol. The number of primary amides is 1. The van der Waals surface area contributed by atoms with Crippen LogP contribution in [0.3, 0.4) is 0 Å². The molecule has 0 aliphatic heterocycles. The fourth-order valence-electron chi connectivity index (χ4n) is 3.11. The Labute approximate surface area is 170 Å². The zero-order chi connectivity index (χ0) is 20.8. The Morgan fingerprint density at radius 3 is 2.66 bits per heavy atom. The van der Waals surface area contributed by atoms with Crippen LogP contribution in [0.15, 0.2) is 60.9 Å². The standard InChI is InChI=1S/C23H25N3O3/c1-15(17-5-4-6-20(11-17)28-2)26-12-16-7-8-22(29-3)21(9-16)18-10-19(23(24)27)14-25-13-18/h4-11,13-15,26H,12H2,1-3H3,(H2,24,27)/t15-/m1/s1. The van der Waals surface area contributed by atoms with Crippen molar-refractivity contribution in [3.8, 4) is 22.6 Å². The van der Waals surface area contributed by atoms with Crippen molar-refractivity contribution in [2.45, 2.75) is 19.5 Å². The normalized spacial score (nSPS) is 11.7. The fraction of sp³-hybridized carbons (Fsp3) is 0.217. The summed E-state index contributed by atoms with van der Waals surface area (Å²) in [5.41, 5.74) is 9.62. The van der Waals surface area contributed by atoms with Crippen LogP contribution in [-0.4, -0.2) is 25.1 Å². The molecule has 1 atom stereocenters. The first-order valence-corrected chi connectivity index (χ1v) is 9.31. The Balaban J connectivity index is 1.81. The second kappa shape index (κ2) is 9.21. The summed E-state index contributed by atoms with van der Waals surface area (Å²) in [7, 11) is 3.28. The summed E-state index contributed by atoms with van der Waals surface area (Å²) in [5, 5.41) is 3.53. The van der Waals surface area contributed by atoms with Crippen LogP contribution < -0.4 is 20.5 Å². The highest BCUT2D eigenvalue weighted by Gasteiger charge is 2.11. The molecule has 1 heterocycles. The molecule has 0 spiro atoms. The summed E-state index contributed by atoms with van der Waals surface area (Å²) < 4.78 is 10.8. The highest BCUT2D eigenvalue weighted by Crippen LogP contribution is 2.31. The van der Waals surface area contributed by atoms with Crippen molar-refractivity contribution in [1.82, 2.24) is 10.3 Å². The van der Waals surface area contributed by atoms with Crippen LogP contribution in [0.4, 0.5) is 0 Å². The van der Waals surface area contributed by atoms with E-state index in [0.717, 1.165) is 28.0 Å². The van der Waals surface area contributed by atoms with Gasteiger partial charge in [-0.25, -0.2) is 0 Å². The Hall–Kier alpha value is -3.38. The number of hydrogen-bond donors (Lipinski definition) is 2. The number of nitrogens with one attached hydrogen (secondary N) is 1. The topological polar surface area (TPSA) is 86.5 Å². The summed E-state index contributed by atoms with van der Waals surface area (Å²) >= 11 is 0. The van der Waals surface area contributed by atoms with E-state index in [1.807, 2.05) is 36.4 Å². The molecule has 3 rings (SSSR count). The van der Waals surface area contributed by atoms with Crippen molar-refractivity contribution in [3.63, 3.8) is 0 Å². The zero-order valence-electron chi connectivity index (χ0n) is 16.8. The first kappa shape index (κ1) is 20.4. The molecule has 2 aromatic carbocycles. The third-order valence-corrected chi connectivity index (χ3v) is 4.80. The van der Waals surface area contributed by atoms with Gasteiger partial charge in [-0.3, -0.25) is 9.78 Å². The minimum atomic E-state index is -0.511. The van der Waals surface area contributed by atoms with Gasteiger partial charge in [-0.2, -0.15) is 0 Å². The van der Waals surface area contributed by atoms with Gasteiger partial charge in [0.05, 0.1) is 19.8 Å². The zero-order valence-corrected chi connectivity index (χ0v) is 16.8. The SMILES string of the molecule is COc1cccc([C@@H](C)NCc2ccc(OC)c(-c3cncc(C(N)=O)c3)c2)c1. The van der Waals surface area contributed by atoms with Crippen molar-refractivity contribution in [2.24, 2.45) is 5.73 Å². The molecule has 3 aromatic rings. The Morgan fingerprint density at radius 1 is 1.10 bits per heavy atom. The molecule has 0 saturated carbocycles. The smallest absolute Gasteiger partial charge is 0.250 e. The van der Waals surface area contributed by atoms with Gasteiger partial charge in [0.2, 0.25) is 5.91 Å². The largest absolute Gasteiger partial charge is 0.497 e. The molecule has 1 aromatic heterocycles. The van der Waals surface area contributed by atoms with Crippen molar-refractivity contribution >= 4 is 5.91 Å². The summed E-state index contributed by atoms with van der Waals surface area (Å²) in [6.45, 7) is 2.78.